The maximum absolute atomic E-state index is 5.88. The Balaban J connectivity index is 1.81. The summed E-state index contributed by atoms with van der Waals surface area (Å²) in [5.74, 6) is 1.40. The van der Waals surface area contributed by atoms with Gasteiger partial charge < -0.3 is 15.0 Å². The third-order valence-corrected chi connectivity index (χ3v) is 4.51. The van der Waals surface area contributed by atoms with Gasteiger partial charge in [-0.15, -0.1) is 11.3 Å². The Hall–Kier alpha value is -2.08. The van der Waals surface area contributed by atoms with Gasteiger partial charge in [-0.2, -0.15) is 0 Å². The highest BCUT2D eigenvalue weighted by atomic mass is 32.1. The molecule has 0 atom stereocenters. The zero-order valence-electron chi connectivity index (χ0n) is 10.3. The summed E-state index contributed by atoms with van der Waals surface area (Å²) in [4.78, 5) is 12.6. The maximum atomic E-state index is 5.88. The maximum Gasteiger partial charge on any atom is 0.180 e. The standard InChI is InChI=1S/C13H13N5S/c14-11-8-18-5-3-15-12(18)13(16-11)17-4-1-10-9(7-17)2-6-19-10/h2-3,5-6,8H,1,4,7,14H2. The van der Waals surface area contributed by atoms with Gasteiger partial charge in [0.1, 0.15) is 5.82 Å². The Labute approximate surface area is 114 Å². The highest BCUT2D eigenvalue weighted by molar-refractivity contribution is 7.10. The van der Waals surface area contributed by atoms with Gasteiger partial charge in [0.2, 0.25) is 0 Å². The van der Waals surface area contributed by atoms with Gasteiger partial charge in [0.05, 0.1) is 6.20 Å². The minimum Gasteiger partial charge on any atom is -0.382 e. The van der Waals surface area contributed by atoms with Crippen LogP contribution in [0.15, 0.2) is 30.0 Å². The van der Waals surface area contributed by atoms with Crippen LogP contribution in [0.25, 0.3) is 5.65 Å². The van der Waals surface area contributed by atoms with Crippen molar-refractivity contribution in [2.45, 2.75) is 13.0 Å². The molecule has 0 radical (unpaired) electrons. The lowest BCUT2D eigenvalue weighted by atomic mass is 10.1. The van der Waals surface area contributed by atoms with Crippen LogP contribution < -0.4 is 10.6 Å². The third-order valence-electron chi connectivity index (χ3n) is 3.48. The van der Waals surface area contributed by atoms with Crippen LogP contribution in [0.1, 0.15) is 10.4 Å². The molecule has 1 aliphatic heterocycles. The molecule has 0 amide bonds. The minimum absolute atomic E-state index is 0.525. The highest BCUT2D eigenvalue weighted by Crippen LogP contribution is 2.29. The van der Waals surface area contributed by atoms with E-state index in [1.54, 1.807) is 12.4 Å². The molecule has 0 spiro atoms. The molecule has 1 aliphatic rings. The number of hydrogen-bond acceptors (Lipinski definition) is 5. The third kappa shape index (κ3) is 1.67. The summed E-state index contributed by atoms with van der Waals surface area (Å²) in [5.41, 5.74) is 8.14. The number of hydrogen-bond donors (Lipinski definition) is 1. The van der Waals surface area contributed by atoms with Crippen molar-refractivity contribution in [2.75, 3.05) is 17.2 Å². The summed E-state index contributed by atoms with van der Waals surface area (Å²) in [6.07, 6.45) is 6.54. The van der Waals surface area contributed by atoms with Crippen molar-refractivity contribution in [1.29, 1.82) is 0 Å². The second-order valence-corrected chi connectivity index (χ2v) is 5.69. The predicted octanol–water partition coefficient (Wildman–Crippen LogP) is 1.94. The molecule has 0 aliphatic carbocycles. The predicted molar refractivity (Wildman–Crippen MR) is 76.5 cm³/mol. The first kappa shape index (κ1) is 10.8. The molecular formula is C13H13N5S. The van der Waals surface area contributed by atoms with E-state index in [1.807, 2.05) is 21.9 Å². The molecule has 3 aromatic heterocycles. The van der Waals surface area contributed by atoms with Crippen LogP contribution in [0.3, 0.4) is 0 Å². The largest absolute Gasteiger partial charge is 0.382 e. The van der Waals surface area contributed by atoms with E-state index in [1.165, 1.54) is 10.4 Å². The molecule has 96 valence electrons. The molecule has 4 rings (SSSR count). The van der Waals surface area contributed by atoms with Crippen LogP contribution in [0, 0.1) is 0 Å². The number of nitrogen functional groups attached to an aromatic ring is 1. The summed E-state index contributed by atoms with van der Waals surface area (Å²) in [6, 6.07) is 2.20. The Morgan fingerprint density at radius 3 is 3.26 bits per heavy atom. The Bertz CT molecular complexity index is 744. The molecule has 0 fully saturated rings. The van der Waals surface area contributed by atoms with Crippen LogP contribution in [0.5, 0.6) is 0 Å². The van der Waals surface area contributed by atoms with Gasteiger partial charge in [0.25, 0.3) is 0 Å². The summed E-state index contributed by atoms with van der Waals surface area (Å²) >= 11 is 1.84. The molecule has 0 aromatic carbocycles. The average molecular weight is 271 g/mol. The van der Waals surface area contributed by atoms with E-state index in [9.17, 15) is 0 Å². The van der Waals surface area contributed by atoms with E-state index in [0.29, 0.717) is 5.82 Å². The number of aromatic nitrogens is 3. The number of fused-ring (bicyclic) bond motifs is 2. The fraction of sp³-hybridized carbons (Fsp3) is 0.231. The van der Waals surface area contributed by atoms with Crippen molar-refractivity contribution < 1.29 is 0 Å². The first-order chi connectivity index (χ1) is 9.31. The Morgan fingerprint density at radius 1 is 1.37 bits per heavy atom. The fourth-order valence-electron chi connectivity index (χ4n) is 2.58. The van der Waals surface area contributed by atoms with Gasteiger partial charge in [-0.3, -0.25) is 0 Å². The van der Waals surface area contributed by atoms with Crippen molar-refractivity contribution in [3.63, 3.8) is 0 Å². The first-order valence-corrected chi connectivity index (χ1v) is 7.08. The number of nitrogens with two attached hydrogens (primary N) is 1. The second-order valence-electron chi connectivity index (χ2n) is 4.69. The van der Waals surface area contributed by atoms with E-state index in [-0.39, 0.29) is 0 Å². The van der Waals surface area contributed by atoms with Gasteiger partial charge >= 0.3 is 0 Å². The fourth-order valence-corrected chi connectivity index (χ4v) is 3.47. The minimum atomic E-state index is 0.525. The zero-order valence-corrected chi connectivity index (χ0v) is 11.1. The Kier molecular flexibility index (Phi) is 2.25. The molecule has 0 bridgehead atoms. The summed E-state index contributed by atoms with van der Waals surface area (Å²) < 4.78 is 1.93. The van der Waals surface area contributed by atoms with Crippen LogP contribution in [0.2, 0.25) is 0 Å². The first-order valence-electron chi connectivity index (χ1n) is 6.20. The topological polar surface area (TPSA) is 59.5 Å². The smallest absolute Gasteiger partial charge is 0.180 e. The van der Waals surface area contributed by atoms with E-state index in [4.69, 9.17) is 5.73 Å². The van der Waals surface area contributed by atoms with Crippen LogP contribution in [0.4, 0.5) is 11.6 Å². The number of rotatable bonds is 1. The van der Waals surface area contributed by atoms with E-state index in [0.717, 1.165) is 31.0 Å². The molecule has 5 nitrogen and oxygen atoms in total. The van der Waals surface area contributed by atoms with E-state index in [2.05, 4.69) is 26.3 Å². The molecule has 4 heterocycles. The normalized spacial score (nSPS) is 14.8. The number of anilines is 2. The quantitative estimate of drug-likeness (QED) is 0.735. The lowest BCUT2D eigenvalue weighted by Gasteiger charge is -2.28. The molecule has 2 N–H and O–H groups in total. The molecule has 19 heavy (non-hydrogen) atoms. The molecule has 0 unspecified atom stereocenters. The Morgan fingerprint density at radius 2 is 2.32 bits per heavy atom. The van der Waals surface area contributed by atoms with Crippen molar-refractivity contribution in [3.05, 3.63) is 40.5 Å². The summed E-state index contributed by atoms with van der Waals surface area (Å²) in [6.45, 7) is 1.85. The van der Waals surface area contributed by atoms with Crippen molar-refractivity contribution in [1.82, 2.24) is 14.4 Å². The molecular weight excluding hydrogens is 258 g/mol. The van der Waals surface area contributed by atoms with Crippen LogP contribution in [-0.4, -0.2) is 20.9 Å². The number of thiophene rings is 1. The van der Waals surface area contributed by atoms with Gasteiger partial charge in [-0.1, -0.05) is 0 Å². The zero-order chi connectivity index (χ0) is 12.8. The molecule has 0 saturated carbocycles. The molecule has 6 heteroatoms. The molecule has 3 aromatic rings. The van der Waals surface area contributed by atoms with E-state index >= 15 is 0 Å². The lowest BCUT2D eigenvalue weighted by molar-refractivity contribution is 0.732. The number of imidazole rings is 1. The van der Waals surface area contributed by atoms with Gasteiger partial charge in [0, 0.05) is 30.4 Å². The summed E-state index contributed by atoms with van der Waals surface area (Å²) in [5, 5.41) is 2.16. The number of nitrogens with zero attached hydrogens (tertiary/aromatic N) is 4. The average Bonchev–Trinajstić information content (AvgIpc) is 3.04. The molecule has 0 saturated heterocycles. The summed E-state index contributed by atoms with van der Waals surface area (Å²) in [7, 11) is 0. The van der Waals surface area contributed by atoms with Crippen molar-refractivity contribution >= 4 is 28.6 Å². The van der Waals surface area contributed by atoms with Gasteiger partial charge in [-0.25, -0.2) is 9.97 Å². The highest BCUT2D eigenvalue weighted by Gasteiger charge is 2.21. The van der Waals surface area contributed by atoms with Crippen LogP contribution in [-0.2, 0) is 13.0 Å². The van der Waals surface area contributed by atoms with E-state index < -0.39 is 0 Å². The monoisotopic (exact) mass is 271 g/mol. The second kappa shape index (κ2) is 3.96. The van der Waals surface area contributed by atoms with Gasteiger partial charge in [0.15, 0.2) is 11.5 Å². The van der Waals surface area contributed by atoms with Gasteiger partial charge in [-0.05, 0) is 23.4 Å². The SMILES string of the molecule is Nc1cn2ccnc2c(N2CCc3sccc3C2)n1. The van der Waals surface area contributed by atoms with Crippen LogP contribution >= 0.6 is 11.3 Å². The van der Waals surface area contributed by atoms with Crippen molar-refractivity contribution in [2.24, 2.45) is 0 Å². The van der Waals surface area contributed by atoms with Crippen molar-refractivity contribution in [3.8, 4) is 0 Å². The lowest BCUT2D eigenvalue weighted by Crippen LogP contribution is -2.30.